The summed E-state index contributed by atoms with van der Waals surface area (Å²) in [6, 6.07) is 7.00. The van der Waals surface area contributed by atoms with Gasteiger partial charge in [0, 0.05) is 22.0 Å². The van der Waals surface area contributed by atoms with Crippen LogP contribution in [0.25, 0.3) is 0 Å². The first-order chi connectivity index (χ1) is 12.3. The quantitative estimate of drug-likeness (QED) is 0.750. The molecule has 0 aliphatic carbocycles. The number of carbonyl (C=O) groups excluding carboxylic acids is 2. The summed E-state index contributed by atoms with van der Waals surface area (Å²) in [5.41, 5.74) is 0.0630. The highest BCUT2D eigenvalue weighted by molar-refractivity contribution is 6.36. The Labute approximate surface area is 159 Å². The SMILES string of the molecule is COC(=O)[C@H](Cc1c(Cl)cccc1Cl)NC(=O)Cc1c(F)cccc1F. The Morgan fingerprint density at radius 3 is 2.12 bits per heavy atom. The van der Waals surface area contributed by atoms with Gasteiger partial charge in [0.25, 0.3) is 0 Å². The minimum atomic E-state index is -1.11. The summed E-state index contributed by atoms with van der Waals surface area (Å²) >= 11 is 12.2. The van der Waals surface area contributed by atoms with Crippen LogP contribution >= 0.6 is 23.2 Å². The highest BCUT2D eigenvalue weighted by Crippen LogP contribution is 2.25. The average Bonchev–Trinajstić information content (AvgIpc) is 2.60. The number of methoxy groups -OCH3 is 1. The number of halogens is 4. The molecule has 0 bridgehead atoms. The van der Waals surface area contributed by atoms with Crippen LogP contribution in [-0.4, -0.2) is 25.0 Å². The van der Waals surface area contributed by atoms with E-state index in [4.69, 9.17) is 23.2 Å². The molecular formula is C18H15Cl2F2NO3. The van der Waals surface area contributed by atoms with Crippen LogP contribution in [0.3, 0.4) is 0 Å². The molecule has 26 heavy (non-hydrogen) atoms. The Morgan fingerprint density at radius 2 is 1.58 bits per heavy atom. The minimum absolute atomic E-state index is 0.0311. The predicted molar refractivity (Wildman–Crippen MR) is 94.2 cm³/mol. The fourth-order valence-electron chi connectivity index (χ4n) is 2.37. The second-order valence-electron chi connectivity index (χ2n) is 5.42. The van der Waals surface area contributed by atoms with Gasteiger partial charge in [0.05, 0.1) is 13.5 Å². The third-order valence-corrected chi connectivity index (χ3v) is 4.40. The smallest absolute Gasteiger partial charge is 0.328 e. The van der Waals surface area contributed by atoms with Crippen molar-refractivity contribution >= 4 is 35.1 Å². The third-order valence-electron chi connectivity index (χ3n) is 3.69. The summed E-state index contributed by atoms with van der Waals surface area (Å²) in [5, 5.41) is 3.05. The molecule has 0 aliphatic heterocycles. The van der Waals surface area contributed by atoms with Crippen LogP contribution in [0.15, 0.2) is 36.4 Å². The Morgan fingerprint density at radius 1 is 1.04 bits per heavy atom. The van der Waals surface area contributed by atoms with Gasteiger partial charge in [-0.3, -0.25) is 4.79 Å². The molecule has 2 aromatic rings. The maximum absolute atomic E-state index is 13.7. The van der Waals surface area contributed by atoms with E-state index in [9.17, 15) is 18.4 Å². The normalized spacial score (nSPS) is 11.7. The van der Waals surface area contributed by atoms with Gasteiger partial charge in [-0.15, -0.1) is 0 Å². The molecule has 2 aromatic carbocycles. The van der Waals surface area contributed by atoms with Gasteiger partial charge in [-0.25, -0.2) is 13.6 Å². The summed E-state index contributed by atoms with van der Waals surface area (Å²) in [6.45, 7) is 0. The summed E-state index contributed by atoms with van der Waals surface area (Å²) in [7, 11) is 1.16. The summed E-state index contributed by atoms with van der Waals surface area (Å²) in [5.74, 6) is -3.16. The number of hydrogen-bond donors (Lipinski definition) is 1. The molecule has 0 spiro atoms. The average molecular weight is 402 g/mol. The van der Waals surface area contributed by atoms with Crippen molar-refractivity contribution in [2.75, 3.05) is 7.11 Å². The summed E-state index contributed by atoms with van der Waals surface area (Å²) < 4.78 is 32.0. The lowest BCUT2D eigenvalue weighted by Gasteiger charge is -2.18. The van der Waals surface area contributed by atoms with E-state index >= 15 is 0 Å². The van der Waals surface area contributed by atoms with E-state index in [2.05, 4.69) is 10.1 Å². The van der Waals surface area contributed by atoms with Crippen LogP contribution in [0.5, 0.6) is 0 Å². The molecule has 1 N–H and O–H groups in total. The zero-order valence-electron chi connectivity index (χ0n) is 13.7. The maximum Gasteiger partial charge on any atom is 0.328 e. The van der Waals surface area contributed by atoms with Crippen molar-refractivity contribution in [3.63, 3.8) is 0 Å². The molecule has 0 saturated carbocycles. The molecule has 0 aliphatic rings. The molecule has 4 nitrogen and oxygen atoms in total. The van der Waals surface area contributed by atoms with Crippen molar-refractivity contribution in [3.8, 4) is 0 Å². The first-order valence-electron chi connectivity index (χ1n) is 7.56. The van der Waals surface area contributed by atoms with Gasteiger partial charge in [-0.2, -0.15) is 0 Å². The van der Waals surface area contributed by atoms with Crippen LogP contribution in [0, 0.1) is 11.6 Å². The molecule has 0 unspecified atom stereocenters. The zero-order valence-corrected chi connectivity index (χ0v) is 15.2. The summed E-state index contributed by atoms with van der Waals surface area (Å²) in [6.07, 6.45) is -0.598. The van der Waals surface area contributed by atoms with Crippen LogP contribution in [0.1, 0.15) is 11.1 Å². The Balaban J connectivity index is 2.18. The molecule has 0 aromatic heterocycles. The number of rotatable bonds is 6. The van der Waals surface area contributed by atoms with Crippen LogP contribution in [-0.2, 0) is 27.2 Å². The van der Waals surface area contributed by atoms with E-state index in [1.807, 2.05) is 0 Å². The van der Waals surface area contributed by atoms with E-state index in [1.54, 1.807) is 18.2 Å². The van der Waals surface area contributed by atoms with E-state index < -0.39 is 36.0 Å². The van der Waals surface area contributed by atoms with Gasteiger partial charge < -0.3 is 10.1 Å². The Hall–Kier alpha value is -2.18. The minimum Gasteiger partial charge on any atom is -0.467 e. The molecular weight excluding hydrogens is 387 g/mol. The van der Waals surface area contributed by atoms with Crippen LogP contribution in [0.2, 0.25) is 10.0 Å². The van der Waals surface area contributed by atoms with Gasteiger partial charge in [0.1, 0.15) is 17.7 Å². The first kappa shape index (κ1) is 20.1. The fraction of sp³-hybridized carbons (Fsp3) is 0.222. The van der Waals surface area contributed by atoms with E-state index in [1.165, 1.54) is 6.07 Å². The first-order valence-corrected chi connectivity index (χ1v) is 8.32. The standard InChI is InChI=1S/C18H15Cl2F2NO3/c1-26-18(25)16(8-10-12(19)4-2-5-13(10)20)23-17(24)9-11-14(21)6-3-7-15(11)22/h2-7,16H,8-9H2,1H3,(H,23,24)/t16-/m0/s1. The lowest BCUT2D eigenvalue weighted by atomic mass is 10.0. The maximum atomic E-state index is 13.7. The van der Waals surface area contributed by atoms with Gasteiger partial charge in [0.2, 0.25) is 5.91 Å². The van der Waals surface area contributed by atoms with E-state index in [0.717, 1.165) is 19.2 Å². The number of nitrogens with one attached hydrogen (secondary N) is 1. The van der Waals surface area contributed by atoms with Gasteiger partial charge >= 0.3 is 5.97 Å². The highest BCUT2D eigenvalue weighted by atomic mass is 35.5. The lowest BCUT2D eigenvalue weighted by Crippen LogP contribution is -2.44. The second kappa shape index (κ2) is 8.96. The molecule has 1 atom stereocenters. The molecule has 1 amide bonds. The number of hydrogen-bond acceptors (Lipinski definition) is 3. The van der Waals surface area contributed by atoms with Gasteiger partial charge in [0.15, 0.2) is 0 Å². The number of esters is 1. The number of carbonyl (C=O) groups is 2. The Kier molecular flexibility index (Phi) is 6.94. The number of ether oxygens (including phenoxy) is 1. The highest BCUT2D eigenvalue weighted by Gasteiger charge is 2.25. The van der Waals surface area contributed by atoms with Crippen molar-refractivity contribution in [2.24, 2.45) is 0 Å². The molecule has 0 heterocycles. The monoisotopic (exact) mass is 401 g/mol. The molecule has 0 saturated heterocycles. The zero-order chi connectivity index (χ0) is 19.3. The molecule has 0 radical (unpaired) electrons. The van der Waals surface area contributed by atoms with Crippen molar-refractivity contribution in [3.05, 3.63) is 69.2 Å². The molecule has 8 heteroatoms. The molecule has 0 fully saturated rings. The predicted octanol–water partition coefficient (Wildman–Crippen LogP) is 3.71. The topological polar surface area (TPSA) is 55.4 Å². The summed E-state index contributed by atoms with van der Waals surface area (Å²) in [4.78, 5) is 24.2. The second-order valence-corrected chi connectivity index (χ2v) is 6.24. The largest absolute Gasteiger partial charge is 0.467 e. The van der Waals surface area contributed by atoms with Crippen molar-refractivity contribution in [1.29, 1.82) is 0 Å². The van der Waals surface area contributed by atoms with Gasteiger partial charge in [-0.05, 0) is 29.8 Å². The van der Waals surface area contributed by atoms with E-state index in [0.29, 0.717) is 15.6 Å². The number of amides is 1. The fourth-order valence-corrected chi connectivity index (χ4v) is 2.93. The van der Waals surface area contributed by atoms with Gasteiger partial charge in [-0.1, -0.05) is 35.3 Å². The van der Waals surface area contributed by atoms with E-state index in [-0.39, 0.29) is 12.0 Å². The van der Waals surface area contributed by atoms with Crippen molar-refractivity contribution in [1.82, 2.24) is 5.32 Å². The van der Waals surface area contributed by atoms with Crippen molar-refractivity contribution in [2.45, 2.75) is 18.9 Å². The van der Waals surface area contributed by atoms with Crippen molar-refractivity contribution < 1.29 is 23.1 Å². The number of benzene rings is 2. The molecule has 2 rings (SSSR count). The van der Waals surface area contributed by atoms with Crippen LogP contribution in [0.4, 0.5) is 8.78 Å². The third kappa shape index (κ3) is 4.93. The lowest BCUT2D eigenvalue weighted by molar-refractivity contribution is -0.145. The Bertz CT molecular complexity index is 790. The molecule has 138 valence electrons. The van der Waals surface area contributed by atoms with Crippen LogP contribution < -0.4 is 5.32 Å².